The molecule has 0 aliphatic rings. The molecule has 0 aliphatic carbocycles. The number of carbonyl (C=O) groups is 1. The number of rotatable bonds is 5. The lowest BCUT2D eigenvalue weighted by Gasteiger charge is -2.08. The van der Waals surface area contributed by atoms with Gasteiger partial charge in [-0.1, -0.05) is 6.92 Å². The largest absolute Gasteiger partial charge is 0.385 e. The van der Waals surface area contributed by atoms with Crippen LogP contribution in [0.15, 0.2) is 36.8 Å². The first-order chi connectivity index (χ1) is 9.70. The molecule has 2 aromatic heterocycles. The summed E-state index contributed by atoms with van der Waals surface area (Å²) in [4.78, 5) is 19.6. The molecule has 2 N–H and O–H groups in total. The van der Waals surface area contributed by atoms with E-state index < -0.39 is 11.7 Å². The van der Waals surface area contributed by atoms with Gasteiger partial charge in [-0.2, -0.15) is 0 Å². The van der Waals surface area contributed by atoms with Crippen LogP contribution in [-0.4, -0.2) is 22.4 Å². The van der Waals surface area contributed by atoms with Crippen molar-refractivity contribution in [2.24, 2.45) is 0 Å². The third-order valence-corrected chi connectivity index (χ3v) is 2.59. The van der Waals surface area contributed by atoms with Crippen LogP contribution < -0.4 is 10.6 Å². The third-order valence-electron chi connectivity index (χ3n) is 2.59. The molecule has 2 rings (SSSR count). The zero-order chi connectivity index (χ0) is 14.4. The van der Waals surface area contributed by atoms with Gasteiger partial charge in [-0.25, -0.2) is 4.39 Å². The molecule has 104 valence electrons. The van der Waals surface area contributed by atoms with Crippen molar-refractivity contribution in [1.29, 1.82) is 0 Å². The molecule has 0 radical (unpaired) electrons. The molecule has 6 heteroatoms. The number of hydrogen-bond acceptors (Lipinski definition) is 4. The van der Waals surface area contributed by atoms with Crippen molar-refractivity contribution in [3.8, 4) is 0 Å². The first kappa shape index (κ1) is 13.9. The number of pyridine rings is 2. The van der Waals surface area contributed by atoms with E-state index in [1.165, 1.54) is 18.5 Å². The minimum absolute atomic E-state index is 0.0821. The second kappa shape index (κ2) is 6.60. The van der Waals surface area contributed by atoms with E-state index in [9.17, 15) is 9.18 Å². The number of anilines is 2. The van der Waals surface area contributed by atoms with Crippen LogP contribution in [0.4, 0.5) is 15.8 Å². The van der Waals surface area contributed by atoms with Gasteiger partial charge in [-0.3, -0.25) is 14.8 Å². The van der Waals surface area contributed by atoms with E-state index in [0.29, 0.717) is 0 Å². The zero-order valence-corrected chi connectivity index (χ0v) is 11.1. The highest BCUT2D eigenvalue weighted by molar-refractivity contribution is 6.03. The van der Waals surface area contributed by atoms with E-state index in [2.05, 4.69) is 20.6 Å². The van der Waals surface area contributed by atoms with Crippen molar-refractivity contribution in [3.05, 3.63) is 48.3 Å². The molecule has 0 fully saturated rings. The van der Waals surface area contributed by atoms with Crippen molar-refractivity contribution >= 4 is 17.3 Å². The summed E-state index contributed by atoms with van der Waals surface area (Å²) in [7, 11) is 0. The minimum atomic E-state index is -0.582. The molecule has 2 aromatic rings. The lowest BCUT2D eigenvalue weighted by Crippen LogP contribution is -2.15. The summed E-state index contributed by atoms with van der Waals surface area (Å²) in [5.41, 5.74) is 1.11. The Morgan fingerprint density at radius 3 is 2.95 bits per heavy atom. The van der Waals surface area contributed by atoms with Crippen molar-refractivity contribution < 1.29 is 9.18 Å². The van der Waals surface area contributed by atoms with Gasteiger partial charge < -0.3 is 10.6 Å². The summed E-state index contributed by atoms with van der Waals surface area (Å²) in [6.45, 7) is 2.86. The maximum absolute atomic E-state index is 13.4. The summed E-state index contributed by atoms with van der Waals surface area (Å²) in [6, 6.07) is 4.80. The predicted octanol–water partition coefficient (Wildman–Crippen LogP) is 2.69. The molecule has 20 heavy (non-hydrogen) atoms. The highest BCUT2D eigenvalue weighted by Gasteiger charge is 2.10. The third kappa shape index (κ3) is 3.50. The molecule has 0 unspecified atom stereocenters. The van der Waals surface area contributed by atoms with Crippen LogP contribution >= 0.6 is 0 Å². The molecule has 5 nitrogen and oxygen atoms in total. The Morgan fingerprint density at radius 2 is 2.20 bits per heavy atom. The number of aromatic nitrogens is 2. The van der Waals surface area contributed by atoms with Gasteiger partial charge in [-0.15, -0.1) is 0 Å². The van der Waals surface area contributed by atoms with E-state index >= 15 is 0 Å². The first-order valence-corrected chi connectivity index (χ1v) is 6.31. The molecular weight excluding hydrogens is 259 g/mol. The Hall–Kier alpha value is -2.50. The first-order valence-electron chi connectivity index (χ1n) is 6.31. The molecule has 1 amide bonds. The summed E-state index contributed by atoms with van der Waals surface area (Å²) in [5.74, 6) is -1.05. The SMILES string of the molecule is CCCNc1ccnc(C(=O)Nc2ccncc2F)c1. The van der Waals surface area contributed by atoms with Crippen LogP contribution in [0, 0.1) is 5.82 Å². The maximum Gasteiger partial charge on any atom is 0.274 e. The van der Waals surface area contributed by atoms with Crippen LogP contribution in [0.25, 0.3) is 0 Å². The minimum Gasteiger partial charge on any atom is -0.385 e. The Morgan fingerprint density at radius 1 is 1.35 bits per heavy atom. The Kier molecular flexibility index (Phi) is 4.60. The van der Waals surface area contributed by atoms with E-state index in [0.717, 1.165) is 24.8 Å². The van der Waals surface area contributed by atoms with Crippen LogP contribution in [0.1, 0.15) is 23.8 Å². The number of hydrogen-bond donors (Lipinski definition) is 2. The Bertz CT molecular complexity index is 603. The van der Waals surface area contributed by atoms with Gasteiger partial charge in [0.05, 0.1) is 11.9 Å². The van der Waals surface area contributed by atoms with Crippen LogP contribution in [0.2, 0.25) is 0 Å². The lowest BCUT2D eigenvalue weighted by molar-refractivity contribution is 0.102. The smallest absolute Gasteiger partial charge is 0.274 e. The molecule has 0 aliphatic heterocycles. The van der Waals surface area contributed by atoms with Crippen molar-refractivity contribution in [3.63, 3.8) is 0 Å². The molecule has 0 bridgehead atoms. The van der Waals surface area contributed by atoms with E-state index in [-0.39, 0.29) is 11.4 Å². The number of carbonyl (C=O) groups excluding carboxylic acids is 1. The van der Waals surface area contributed by atoms with E-state index in [1.807, 2.05) is 6.92 Å². The fourth-order valence-electron chi connectivity index (χ4n) is 1.60. The van der Waals surface area contributed by atoms with Gasteiger partial charge in [0.15, 0.2) is 5.82 Å². The maximum atomic E-state index is 13.4. The van der Waals surface area contributed by atoms with Gasteiger partial charge in [-0.05, 0) is 24.6 Å². The summed E-state index contributed by atoms with van der Waals surface area (Å²) in [5, 5.41) is 5.63. The number of nitrogens with zero attached hydrogens (tertiary/aromatic N) is 2. The van der Waals surface area contributed by atoms with E-state index in [1.54, 1.807) is 12.1 Å². The topological polar surface area (TPSA) is 66.9 Å². The predicted molar refractivity (Wildman–Crippen MR) is 75.2 cm³/mol. The van der Waals surface area contributed by atoms with Crippen LogP contribution in [-0.2, 0) is 0 Å². The number of nitrogens with one attached hydrogen (secondary N) is 2. The molecule has 0 saturated heterocycles. The Labute approximate surface area is 116 Å². The van der Waals surface area contributed by atoms with Crippen molar-refractivity contribution in [2.45, 2.75) is 13.3 Å². The summed E-state index contributed by atoms with van der Waals surface area (Å²) >= 11 is 0. The Balaban J connectivity index is 2.11. The van der Waals surface area contributed by atoms with E-state index in [4.69, 9.17) is 0 Å². The van der Waals surface area contributed by atoms with Gasteiger partial charge in [0.2, 0.25) is 0 Å². The zero-order valence-electron chi connectivity index (χ0n) is 11.1. The molecule has 2 heterocycles. The number of halogens is 1. The van der Waals surface area contributed by atoms with Gasteiger partial charge in [0, 0.05) is 24.6 Å². The summed E-state index contributed by atoms with van der Waals surface area (Å²) < 4.78 is 13.4. The molecule has 0 atom stereocenters. The summed E-state index contributed by atoms with van der Waals surface area (Å²) in [6.07, 6.45) is 4.97. The van der Waals surface area contributed by atoms with Gasteiger partial charge >= 0.3 is 0 Å². The molecule has 0 spiro atoms. The molecule has 0 saturated carbocycles. The highest BCUT2D eigenvalue weighted by Crippen LogP contribution is 2.13. The second-order valence-corrected chi connectivity index (χ2v) is 4.17. The molecular formula is C14H15FN4O. The van der Waals surface area contributed by atoms with Crippen LogP contribution in [0.5, 0.6) is 0 Å². The second-order valence-electron chi connectivity index (χ2n) is 4.17. The fraction of sp³-hybridized carbons (Fsp3) is 0.214. The average molecular weight is 274 g/mol. The number of amides is 1. The monoisotopic (exact) mass is 274 g/mol. The van der Waals surface area contributed by atoms with Crippen molar-refractivity contribution in [1.82, 2.24) is 9.97 Å². The quantitative estimate of drug-likeness (QED) is 0.879. The van der Waals surface area contributed by atoms with Gasteiger partial charge in [0.25, 0.3) is 5.91 Å². The standard InChI is InChI=1S/C14H15FN4O/c1-2-5-17-10-3-7-18-13(8-10)14(20)19-12-4-6-16-9-11(12)15/h3-4,6-9H,2,5H2,1H3,(H,17,18)(H,16,19,20). The average Bonchev–Trinajstić information content (AvgIpc) is 2.48. The normalized spacial score (nSPS) is 10.1. The van der Waals surface area contributed by atoms with Crippen LogP contribution in [0.3, 0.4) is 0 Å². The highest BCUT2D eigenvalue weighted by atomic mass is 19.1. The molecule has 0 aromatic carbocycles. The van der Waals surface area contributed by atoms with Gasteiger partial charge in [0.1, 0.15) is 5.69 Å². The lowest BCUT2D eigenvalue weighted by atomic mass is 10.3. The fourth-order valence-corrected chi connectivity index (χ4v) is 1.60. The van der Waals surface area contributed by atoms with Crippen molar-refractivity contribution in [2.75, 3.05) is 17.2 Å².